The lowest BCUT2D eigenvalue weighted by Crippen LogP contribution is -2.27. The molecule has 0 atom stereocenters. The van der Waals surface area contributed by atoms with Crippen molar-refractivity contribution in [2.45, 2.75) is 17.7 Å². The Balaban J connectivity index is 1.52. The Morgan fingerprint density at radius 3 is 2.33 bits per heavy atom. The average molecular weight is 393 g/mol. The van der Waals surface area contributed by atoms with Gasteiger partial charge in [-0.25, -0.2) is 17.6 Å². The van der Waals surface area contributed by atoms with Gasteiger partial charge in [0.05, 0.1) is 10.5 Å². The fraction of sp³-hybridized carbons (Fsp3) is 0.316. The second-order valence-corrected chi connectivity index (χ2v) is 7.99. The molecule has 0 N–H and O–H groups in total. The molecule has 27 heavy (non-hydrogen) atoms. The number of para-hydroxylation sites is 1. The molecule has 1 fully saturated rings. The summed E-state index contributed by atoms with van der Waals surface area (Å²) >= 11 is 0. The lowest BCUT2D eigenvalue weighted by Gasteiger charge is -2.15. The smallest absolute Gasteiger partial charge is 0.338 e. The van der Waals surface area contributed by atoms with Crippen molar-refractivity contribution in [2.24, 2.45) is 0 Å². The molecule has 0 aromatic heterocycles. The van der Waals surface area contributed by atoms with Crippen molar-refractivity contribution >= 4 is 16.0 Å². The Bertz CT molecular complexity index is 893. The minimum Gasteiger partial charge on any atom is -0.487 e. The van der Waals surface area contributed by atoms with Crippen LogP contribution >= 0.6 is 0 Å². The summed E-state index contributed by atoms with van der Waals surface area (Å²) in [5, 5.41) is 0. The molecular weight excluding hydrogens is 373 g/mol. The first-order chi connectivity index (χ1) is 13.0. The van der Waals surface area contributed by atoms with Crippen LogP contribution < -0.4 is 4.74 Å². The van der Waals surface area contributed by atoms with Crippen LogP contribution in [-0.2, 0) is 14.8 Å². The molecule has 2 aromatic carbocycles. The monoisotopic (exact) mass is 393 g/mol. The van der Waals surface area contributed by atoms with Gasteiger partial charge in [-0.05, 0) is 49.2 Å². The standard InChI is InChI=1S/C19H20FNO5S/c20-17-5-1-2-6-18(17)25-13-14-26-19(22)15-7-9-16(10-8-15)27(23,24)21-11-3-4-12-21/h1-2,5-10H,3-4,11-14H2. The maximum Gasteiger partial charge on any atom is 0.338 e. The molecule has 3 rings (SSSR count). The van der Waals surface area contributed by atoms with Crippen molar-refractivity contribution < 1.29 is 27.1 Å². The van der Waals surface area contributed by atoms with Crippen molar-refractivity contribution in [3.63, 3.8) is 0 Å². The first-order valence-corrected chi connectivity index (χ1v) is 10.1. The molecule has 1 saturated heterocycles. The van der Waals surface area contributed by atoms with Crippen LogP contribution in [0.4, 0.5) is 4.39 Å². The number of hydrogen-bond donors (Lipinski definition) is 0. The quantitative estimate of drug-likeness (QED) is 0.534. The van der Waals surface area contributed by atoms with Gasteiger partial charge in [-0.3, -0.25) is 0 Å². The number of esters is 1. The zero-order valence-corrected chi connectivity index (χ0v) is 15.5. The molecule has 1 aliphatic rings. The molecule has 0 bridgehead atoms. The van der Waals surface area contributed by atoms with Crippen molar-refractivity contribution in [2.75, 3.05) is 26.3 Å². The van der Waals surface area contributed by atoms with E-state index in [4.69, 9.17) is 9.47 Å². The van der Waals surface area contributed by atoms with Gasteiger partial charge in [-0.1, -0.05) is 12.1 Å². The molecule has 6 nitrogen and oxygen atoms in total. The van der Waals surface area contributed by atoms with E-state index in [1.807, 2.05) is 0 Å². The van der Waals surface area contributed by atoms with Crippen LogP contribution in [0.25, 0.3) is 0 Å². The van der Waals surface area contributed by atoms with Crippen molar-refractivity contribution in [3.05, 3.63) is 59.9 Å². The van der Waals surface area contributed by atoms with Crippen LogP contribution in [0.2, 0.25) is 0 Å². The van der Waals surface area contributed by atoms with Gasteiger partial charge in [0.25, 0.3) is 0 Å². The number of sulfonamides is 1. The topological polar surface area (TPSA) is 72.9 Å². The Morgan fingerprint density at radius 2 is 1.67 bits per heavy atom. The second kappa shape index (κ2) is 8.49. The highest BCUT2D eigenvalue weighted by Gasteiger charge is 2.27. The molecule has 0 spiro atoms. The van der Waals surface area contributed by atoms with Gasteiger partial charge in [0, 0.05) is 13.1 Å². The highest BCUT2D eigenvalue weighted by atomic mass is 32.2. The summed E-state index contributed by atoms with van der Waals surface area (Å²) in [5.74, 6) is -0.999. The maximum atomic E-state index is 13.4. The molecule has 0 aliphatic carbocycles. The van der Waals surface area contributed by atoms with Gasteiger partial charge in [-0.15, -0.1) is 0 Å². The van der Waals surface area contributed by atoms with Crippen molar-refractivity contribution in [1.82, 2.24) is 4.31 Å². The molecule has 0 radical (unpaired) electrons. The fourth-order valence-electron chi connectivity index (χ4n) is 2.77. The van der Waals surface area contributed by atoms with Crippen LogP contribution in [0.1, 0.15) is 23.2 Å². The number of rotatable bonds is 7. The van der Waals surface area contributed by atoms with Gasteiger partial charge in [0.15, 0.2) is 11.6 Å². The van der Waals surface area contributed by atoms with Crippen LogP contribution in [-0.4, -0.2) is 45.0 Å². The minimum absolute atomic E-state index is 0.00803. The van der Waals surface area contributed by atoms with E-state index in [0.717, 1.165) is 12.8 Å². The molecule has 1 aliphatic heterocycles. The lowest BCUT2D eigenvalue weighted by molar-refractivity contribution is 0.0448. The van der Waals surface area contributed by atoms with Gasteiger partial charge < -0.3 is 9.47 Å². The van der Waals surface area contributed by atoms with E-state index in [1.54, 1.807) is 12.1 Å². The second-order valence-electron chi connectivity index (χ2n) is 6.05. The lowest BCUT2D eigenvalue weighted by atomic mass is 10.2. The first kappa shape index (κ1) is 19.3. The Kier molecular flexibility index (Phi) is 6.08. The Labute approximate surface area is 157 Å². The van der Waals surface area contributed by atoms with E-state index in [9.17, 15) is 17.6 Å². The van der Waals surface area contributed by atoms with E-state index in [-0.39, 0.29) is 29.4 Å². The van der Waals surface area contributed by atoms with Gasteiger partial charge in [-0.2, -0.15) is 4.31 Å². The fourth-order valence-corrected chi connectivity index (χ4v) is 4.29. The SMILES string of the molecule is O=C(OCCOc1ccccc1F)c1ccc(S(=O)(=O)N2CCCC2)cc1. The minimum atomic E-state index is -3.51. The summed E-state index contributed by atoms with van der Waals surface area (Å²) in [4.78, 5) is 12.2. The predicted octanol–water partition coefficient (Wildman–Crippen LogP) is 2.85. The highest BCUT2D eigenvalue weighted by Crippen LogP contribution is 2.21. The molecule has 0 amide bonds. The normalized spacial score (nSPS) is 14.9. The van der Waals surface area contributed by atoms with Gasteiger partial charge >= 0.3 is 5.97 Å². The summed E-state index contributed by atoms with van der Waals surface area (Å²) < 4.78 is 50.0. The molecule has 0 saturated carbocycles. The highest BCUT2D eigenvalue weighted by molar-refractivity contribution is 7.89. The van der Waals surface area contributed by atoms with E-state index < -0.39 is 21.8 Å². The first-order valence-electron chi connectivity index (χ1n) is 8.63. The van der Waals surface area contributed by atoms with E-state index in [2.05, 4.69) is 0 Å². The summed E-state index contributed by atoms with van der Waals surface area (Å²) in [6, 6.07) is 11.6. The third kappa shape index (κ3) is 4.64. The van der Waals surface area contributed by atoms with Gasteiger partial charge in [0.1, 0.15) is 13.2 Å². The van der Waals surface area contributed by atoms with Gasteiger partial charge in [0.2, 0.25) is 10.0 Å². The number of halogens is 1. The summed E-state index contributed by atoms with van der Waals surface area (Å²) in [7, 11) is -3.51. The molecule has 1 heterocycles. The molecule has 0 unspecified atom stereocenters. The molecule has 144 valence electrons. The van der Waals surface area contributed by atoms with Crippen molar-refractivity contribution in [1.29, 1.82) is 0 Å². The molecule has 2 aromatic rings. The molecule has 8 heteroatoms. The summed E-state index contributed by atoms with van der Waals surface area (Å²) in [6.07, 6.45) is 1.72. The number of hydrogen-bond acceptors (Lipinski definition) is 5. The van der Waals surface area contributed by atoms with E-state index in [1.165, 1.54) is 40.7 Å². The number of benzene rings is 2. The number of carbonyl (C=O) groups excluding carboxylic acids is 1. The van der Waals surface area contributed by atoms with Crippen LogP contribution in [0.5, 0.6) is 5.75 Å². The Morgan fingerprint density at radius 1 is 1.00 bits per heavy atom. The van der Waals surface area contributed by atoms with Crippen LogP contribution in [0, 0.1) is 5.82 Å². The third-order valence-electron chi connectivity index (χ3n) is 4.20. The number of carbonyl (C=O) groups is 1. The van der Waals surface area contributed by atoms with E-state index >= 15 is 0 Å². The Hall–Kier alpha value is -2.45. The number of nitrogens with zero attached hydrogens (tertiary/aromatic N) is 1. The number of ether oxygens (including phenoxy) is 2. The van der Waals surface area contributed by atoms with Crippen LogP contribution in [0.15, 0.2) is 53.4 Å². The predicted molar refractivity (Wildman–Crippen MR) is 96.6 cm³/mol. The summed E-state index contributed by atoms with van der Waals surface area (Å²) in [6.45, 7) is 0.997. The zero-order valence-electron chi connectivity index (χ0n) is 14.6. The third-order valence-corrected chi connectivity index (χ3v) is 6.12. The summed E-state index contributed by atoms with van der Waals surface area (Å²) in [5.41, 5.74) is 0.237. The average Bonchev–Trinajstić information content (AvgIpc) is 3.22. The molecular formula is C19H20FNO5S. The zero-order chi connectivity index (χ0) is 19.3. The largest absolute Gasteiger partial charge is 0.487 e. The van der Waals surface area contributed by atoms with E-state index in [0.29, 0.717) is 13.1 Å². The maximum absolute atomic E-state index is 13.4. The van der Waals surface area contributed by atoms with Crippen LogP contribution in [0.3, 0.4) is 0 Å². The van der Waals surface area contributed by atoms with Crippen molar-refractivity contribution in [3.8, 4) is 5.75 Å².